The monoisotopic (exact) mass is 336 g/mol. The number of fused-ring (bicyclic) bond motifs is 1. The van der Waals surface area contributed by atoms with E-state index in [4.69, 9.17) is 5.73 Å². The van der Waals surface area contributed by atoms with Crippen LogP contribution in [0.25, 0.3) is 21.9 Å². The molecule has 2 heterocycles. The number of hydrogen-bond donors (Lipinski definition) is 2. The van der Waals surface area contributed by atoms with Crippen molar-refractivity contribution in [1.82, 2.24) is 9.97 Å². The molecular formula is C19H17FN4O. The van der Waals surface area contributed by atoms with Crippen molar-refractivity contribution in [2.45, 2.75) is 19.5 Å². The highest BCUT2D eigenvalue weighted by atomic mass is 19.1. The Hall–Kier alpha value is -3.02. The van der Waals surface area contributed by atoms with E-state index in [2.05, 4.69) is 15.3 Å². The number of hydrogen-bond acceptors (Lipinski definition) is 4. The molecule has 126 valence electrons. The summed E-state index contributed by atoms with van der Waals surface area (Å²) in [6, 6.07) is 7.61. The Kier molecular flexibility index (Phi) is 3.60. The minimum Gasteiger partial charge on any atom is -0.398 e. The van der Waals surface area contributed by atoms with Crippen molar-refractivity contribution in [2.75, 3.05) is 11.1 Å². The highest BCUT2D eigenvalue weighted by Crippen LogP contribution is 2.35. The van der Waals surface area contributed by atoms with E-state index >= 15 is 0 Å². The molecule has 0 spiro atoms. The van der Waals surface area contributed by atoms with Gasteiger partial charge in [-0.1, -0.05) is 0 Å². The predicted octanol–water partition coefficient (Wildman–Crippen LogP) is 3.48. The maximum absolute atomic E-state index is 13.0. The van der Waals surface area contributed by atoms with Crippen LogP contribution in [-0.2, 0) is 4.79 Å². The molecule has 2 aromatic heterocycles. The molecule has 6 heteroatoms. The van der Waals surface area contributed by atoms with Gasteiger partial charge in [0.25, 0.3) is 0 Å². The lowest BCUT2D eigenvalue weighted by atomic mass is 9.99. The number of nitrogens with one attached hydrogen (secondary N) is 1. The fourth-order valence-corrected chi connectivity index (χ4v) is 2.96. The number of carbonyl (C=O) groups excluding carboxylic acids is 1. The molecule has 0 bridgehead atoms. The maximum atomic E-state index is 13.0. The Morgan fingerprint density at radius 2 is 2.12 bits per heavy atom. The summed E-state index contributed by atoms with van der Waals surface area (Å²) in [5, 5.41) is 4.35. The fourth-order valence-electron chi connectivity index (χ4n) is 2.96. The molecule has 0 unspecified atom stereocenters. The summed E-state index contributed by atoms with van der Waals surface area (Å²) >= 11 is 0. The van der Waals surface area contributed by atoms with Gasteiger partial charge < -0.3 is 11.1 Å². The molecule has 5 nitrogen and oxygen atoms in total. The summed E-state index contributed by atoms with van der Waals surface area (Å²) in [7, 11) is 0. The van der Waals surface area contributed by atoms with Gasteiger partial charge in [-0.05, 0) is 59.7 Å². The van der Waals surface area contributed by atoms with Crippen LogP contribution in [0.3, 0.4) is 0 Å². The number of amides is 1. The Morgan fingerprint density at radius 1 is 1.32 bits per heavy atom. The number of nitrogens with zero attached hydrogens (tertiary/aromatic N) is 2. The molecule has 3 aromatic rings. The van der Waals surface area contributed by atoms with Crippen molar-refractivity contribution >= 4 is 28.2 Å². The molecule has 1 amide bonds. The van der Waals surface area contributed by atoms with Gasteiger partial charge >= 0.3 is 0 Å². The van der Waals surface area contributed by atoms with Crippen LogP contribution in [0.4, 0.5) is 15.9 Å². The van der Waals surface area contributed by atoms with Gasteiger partial charge in [0.05, 0.1) is 5.92 Å². The van der Waals surface area contributed by atoms with Gasteiger partial charge in [0, 0.05) is 29.7 Å². The minimum atomic E-state index is -1.03. The first-order valence-corrected chi connectivity index (χ1v) is 8.08. The highest BCUT2D eigenvalue weighted by Gasteiger charge is 2.43. The van der Waals surface area contributed by atoms with Gasteiger partial charge in [-0.15, -0.1) is 0 Å². The molecule has 0 radical (unpaired) electrons. The summed E-state index contributed by atoms with van der Waals surface area (Å²) < 4.78 is 13.0. The number of carbonyl (C=O) groups is 1. The van der Waals surface area contributed by atoms with Crippen molar-refractivity contribution < 1.29 is 9.18 Å². The van der Waals surface area contributed by atoms with Gasteiger partial charge in [-0.3, -0.25) is 9.78 Å². The number of alkyl halides is 1. The van der Waals surface area contributed by atoms with Gasteiger partial charge in [0.1, 0.15) is 12.0 Å². The molecule has 1 aliphatic rings. The number of anilines is 2. The molecule has 2 atom stereocenters. The van der Waals surface area contributed by atoms with E-state index in [1.165, 1.54) is 0 Å². The third kappa shape index (κ3) is 2.91. The standard InChI is InChI=1S/C19H17FN4O/c1-10-8-22-3-2-13(10)11-4-12-6-18(23-9-15(12)17(21)5-11)24-19(25)14-7-16(14)20/h2-6,8-9,14,16H,7,21H2,1H3,(H,23,24,25)/t14-,16+/m0/s1. The van der Waals surface area contributed by atoms with Gasteiger partial charge in [-0.2, -0.15) is 0 Å². The van der Waals surface area contributed by atoms with Crippen LogP contribution in [-0.4, -0.2) is 22.0 Å². The summed E-state index contributed by atoms with van der Waals surface area (Å²) in [4.78, 5) is 20.2. The lowest BCUT2D eigenvalue weighted by Crippen LogP contribution is -2.15. The van der Waals surface area contributed by atoms with Gasteiger partial charge in [0.15, 0.2) is 0 Å². The summed E-state index contributed by atoms with van der Waals surface area (Å²) in [6.07, 6.45) is 4.43. The molecule has 1 aliphatic carbocycles. The Morgan fingerprint density at radius 3 is 2.84 bits per heavy atom. The average molecular weight is 336 g/mol. The second-order valence-electron chi connectivity index (χ2n) is 6.39. The lowest BCUT2D eigenvalue weighted by molar-refractivity contribution is -0.117. The molecule has 1 aromatic carbocycles. The molecule has 0 aliphatic heterocycles. The van der Waals surface area contributed by atoms with E-state index in [1.807, 2.05) is 25.1 Å². The summed E-state index contributed by atoms with van der Waals surface area (Å²) in [5.41, 5.74) is 9.86. The Balaban J connectivity index is 1.73. The van der Waals surface area contributed by atoms with E-state index in [-0.39, 0.29) is 12.3 Å². The summed E-state index contributed by atoms with van der Waals surface area (Å²) in [6.45, 7) is 1.99. The predicted molar refractivity (Wildman–Crippen MR) is 95.8 cm³/mol. The number of rotatable bonds is 3. The molecule has 1 fully saturated rings. The van der Waals surface area contributed by atoms with E-state index < -0.39 is 12.1 Å². The molecule has 25 heavy (non-hydrogen) atoms. The topological polar surface area (TPSA) is 80.9 Å². The normalized spacial score (nSPS) is 19.0. The number of aromatic nitrogens is 2. The quantitative estimate of drug-likeness (QED) is 0.718. The molecule has 1 saturated carbocycles. The average Bonchev–Trinajstić information content (AvgIpc) is 3.32. The second-order valence-corrected chi connectivity index (χ2v) is 6.39. The van der Waals surface area contributed by atoms with Crippen molar-refractivity contribution in [3.8, 4) is 11.1 Å². The molecular weight excluding hydrogens is 319 g/mol. The van der Waals surface area contributed by atoms with Crippen LogP contribution in [0, 0.1) is 12.8 Å². The zero-order valence-corrected chi connectivity index (χ0v) is 13.7. The SMILES string of the molecule is Cc1cnccc1-c1cc(N)c2cnc(NC(=O)[C@H]3C[C@H]3F)cc2c1. The summed E-state index contributed by atoms with van der Waals surface area (Å²) in [5.74, 6) is -0.471. The Bertz CT molecular complexity index is 988. The fraction of sp³-hybridized carbons (Fsp3) is 0.211. The van der Waals surface area contributed by atoms with E-state index in [1.54, 1.807) is 24.7 Å². The van der Waals surface area contributed by atoms with Gasteiger partial charge in [0.2, 0.25) is 5.91 Å². The van der Waals surface area contributed by atoms with Crippen LogP contribution in [0.2, 0.25) is 0 Å². The van der Waals surface area contributed by atoms with Crippen molar-refractivity contribution in [3.05, 3.63) is 48.4 Å². The van der Waals surface area contributed by atoms with Crippen LogP contribution < -0.4 is 11.1 Å². The zero-order chi connectivity index (χ0) is 17.6. The van der Waals surface area contributed by atoms with Crippen LogP contribution in [0.5, 0.6) is 0 Å². The highest BCUT2D eigenvalue weighted by molar-refractivity contribution is 6.00. The first-order chi connectivity index (χ1) is 12.0. The first-order valence-electron chi connectivity index (χ1n) is 8.08. The van der Waals surface area contributed by atoms with E-state index in [0.717, 1.165) is 27.5 Å². The van der Waals surface area contributed by atoms with Crippen LogP contribution >= 0.6 is 0 Å². The Labute approximate surface area is 144 Å². The number of benzene rings is 1. The molecule has 4 rings (SSSR count). The number of aryl methyl sites for hydroxylation is 1. The van der Waals surface area contributed by atoms with E-state index in [9.17, 15) is 9.18 Å². The number of pyridine rings is 2. The maximum Gasteiger partial charge on any atom is 0.231 e. The van der Waals surface area contributed by atoms with Gasteiger partial charge in [-0.25, -0.2) is 9.37 Å². The van der Waals surface area contributed by atoms with Crippen LogP contribution in [0.1, 0.15) is 12.0 Å². The second kappa shape index (κ2) is 5.81. The third-order valence-corrected chi connectivity index (χ3v) is 4.50. The number of halogens is 1. The van der Waals surface area contributed by atoms with E-state index in [0.29, 0.717) is 11.5 Å². The molecule has 0 saturated heterocycles. The first kappa shape index (κ1) is 15.5. The number of nitrogens with two attached hydrogens (primary N) is 1. The van der Waals surface area contributed by atoms with Crippen molar-refractivity contribution in [2.24, 2.45) is 5.92 Å². The number of nitrogen functional groups attached to an aromatic ring is 1. The molecule has 3 N–H and O–H groups in total. The minimum absolute atomic E-state index is 0.290. The van der Waals surface area contributed by atoms with Crippen molar-refractivity contribution in [1.29, 1.82) is 0 Å². The van der Waals surface area contributed by atoms with Crippen molar-refractivity contribution in [3.63, 3.8) is 0 Å². The lowest BCUT2D eigenvalue weighted by Gasteiger charge is -2.11. The smallest absolute Gasteiger partial charge is 0.231 e. The largest absolute Gasteiger partial charge is 0.398 e. The zero-order valence-electron chi connectivity index (χ0n) is 13.7. The third-order valence-electron chi connectivity index (χ3n) is 4.50. The van der Waals surface area contributed by atoms with Crippen LogP contribution in [0.15, 0.2) is 42.9 Å².